The van der Waals surface area contributed by atoms with Crippen LogP contribution in [-0.2, 0) is 0 Å². The van der Waals surface area contributed by atoms with Crippen LogP contribution in [-0.4, -0.2) is 55.5 Å². The molecule has 0 aromatic carbocycles. The van der Waals surface area contributed by atoms with Crippen LogP contribution in [0.25, 0.3) is 5.65 Å². The highest BCUT2D eigenvalue weighted by Gasteiger charge is 2.31. The molecule has 2 unspecified atom stereocenters. The van der Waals surface area contributed by atoms with E-state index in [4.69, 9.17) is 0 Å². The molecule has 3 heterocycles. The summed E-state index contributed by atoms with van der Waals surface area (Å²) in [5, 5.41) is 23.0. The maximum atomic E-state index is 13.3. The van der Waals surface area contributed by atoms with E-state index in [9.17, 15) is 19.1 Å². The van der Waals surface area contributed by atoms with Gasteiger partial charge >= 0.3 is 0 Å². The summed E-state index contributed by atoms with van der Waals surface area (Å²) in [5.41, 5.74) is 0.680. The molecular formula is C22H26FN7O3. The minimum absolute atomic E-state index is 0.0919. The van der Waals surface area contributed by atoms with E-state index in [1.807, 2.05) is 0 Å². The molecule has 33 heavy (non-hydrogen) atoms. The first-order valence-electron chi connectivity index (χ1n) is 11.1. The standard InChI is InChI=1S/C22H26FN7O3/c1-24-19-10-18(27-17-3-2-6-29(22(17)33)14-7-12(23)8-14)28-20-16(11-25-30(19)20)21(32)26-13-4-5-15(31)9-13/h2-3,6,10-15,24,31H,4-5,7-9H2,1H3,(H,26,32)(H,27,28). The van der Waals surface area contributed by atoms with Crippen LogP contribution in [0, 0.1) is 0 Å². The van der Waals surface area contributed by atoms with Crippen LogP contribution in [0.4, 0.5) is 21.7 Å². The highest BCUT2D eigenvalue weighted by Crippen LogP contribution is 2.33. The minimum atomic E-state index is -0.861. The van der Waals surface area contributed by atoms with E-state index in [0.717, 1.165) is 6.42 Å². The first-order chi connectivity index (χ1) is 15.9. The van der Waals surface area contributed by atoms with Gasteiger partial charge in [-0.3, -0.25) is 9.59 Å². The normalized spacial score (nSPS) is 24.5. The Hall–Kier alpha value is -3.47. The molecule has 10 nitrogen and oxygen atoms in total. The van der Waals surface area contributed by atoms with Crippen molar-refractivity contribution in [1.82, 2.24) is 24.5 Å². The summed E-state index contributed by atoms with van der Waals surface area (Å²) >= 11 is 0. The number of hydrogen-bond acceptors (Lipinski definition) is 7. The smallest absolute Gasteiger partial charge is 0.274 e. The van der Waals surface area contributed by atoms with Crippen molar-refractivity contribution < 1.29 is 14.3 Å². The third-order valence-electron chi connectivity index (χ3n) is 6.40. The molecule has 2 fully saturated rings. The lowest BCUT2D eigenvalue weighted by Crippen LogP contribution is -2.35. The number of anilines is 3. The lowest BCUT2D eigenvalue weighted by molar-refractivity contribution is 0.0935. The topological polar surface area (TPSA) is 126 Å². The van der Waals surface area contributed by atoms with Crippen molar-refractivity contribution >= 4 is 28.9 Å². The summed E-state index contributed by atoms with van der Waals surface area (Å²) in [4.78, 5) is 30.3. The van der Waals surface area contributed by atoms with E-state index >= 15 is 0 Å². The summed E-state index contributed by atoms with van der Waals surface area (Å²) in [6, 6.07) is 4.83. The number of rotatable bonds is 6. The number of aliphatic hydroxyl groups excluding tert-OH is 1. The molecule has 2 atom stereocenters. The Morgan fingerprint density at radius 1 is 1.27 bits per heavy atom. The summed E-state index contributed by atoms with van der Waals surface area (Å²) in [7, 11) is 1.72. The number of aliphatic hydroxyl groups is 1. The third-order valence-corrected chi connectivity index (χ3v) is 6.40. The molecular weight excluding hydrogens is 429 g/mol. The van der Waals surface area contributed by atoms with E-state index < -0.39 is 12.3 Å². The summed E-state index contributed by atoms with van der Waals surface area (Å²) in [6.45, 7) is 0. The van der Waals surface area contributed by atoms with Crippen molar-refractivity contribution in [1.29, 1.82) is 0 Å². The molecule has 0 bridgehead atoms. The Morgan fingerprint density at radius 2 is 2.09 bits per heavy atom. The molecule has 2 aliphatic rings. The van der Waals surface area contributed by atoms with Gasteiger partial charge in [-0.2, -0.15) is 9.61 Å². The average Bonchev–Trinajstić information content (AvgIpc) is 3.38. The molecule has 4 N–H and O–H groups in total. The second-order valence-corrected chi connectivity index (χ2v) is 8.69. The fourth-order valence-corrected chi connectivity index (χ4v) is 4.50. The number of halogens is 1. The van der Waals surface area contributed by atoms with Crippen molar-refractivity contribution in [2.75, 3.05) is 17.7 Å². The van der Waals surface area contributed by atoms with Gasteiger partial charge < -0.3 is 25.6 Å². The largest absolute Gasteiger partial charge is 0.393 e. The molecule has 3 aromatic rings. The molecule has 2 saturated carbocycles. The Kier molecular flexibility index (Phi) is 5.49. The highest BCUT2D eigenvalue weighted by atomic mass is 19.1. The van der Waals surface area contributed by atoms with Gasteiger partial charge in [0, 0.05) is 31.4 Å². The molecule has 0 saturated heterocycles. The zero-order valence-electron chi connectivity index (χ0n) is 18.2. The monoisotopic (exact) mass is 455 g/mol. The van der Waals surface area contributed by atoms with Crippen LogP contribution >= 0.6 is 0 Å². The summed E-state index contributed by atoms with van der Waals surface area (Å²) in [5.74, 6) is 0.626. The van der Waals surface area contributed by atoms with Gasteiger partial charge in [0.25, 0.3) is 11.5 Å². The Morgan fingerprint density at radius 3 is 2.79 bits per heavy atom. The SMILES string of the molecule is CNc1cc(Nc2cccn(C3CC(F)C3)c2=O)nc2c(C(=O)NC3CCC(O)C3)cnn12. The molecule has 1 amide bonds. The van der Waals surface area contributed by atoms with E-state index in [1.165, 1.54) is 10.7 Å². The summed E-state index contributed by atoms with van der Waals surface area (Å²) < 4.78 is 16.3. The molecule has 2 aliphatic carbocycles. The molecule has 5 rings (SSSR count). The Labute approximate surface area is 188 Å². The number of carbonyl (C=O) groups excluding carboxylic acids is 1. The van der Waals surface area contributed by atoms with Gasteiger partial charge in [-0.1, -0.05) is 0 Å². The van der Waals surface area contributed by atoms with Crippen LogP contribution in [0.1, 0.15) is 48.5 Å². The molecule has 0 aliphatic heterocycles. The molecule has 0 spiro atoms. The van der Waals surface area contributed by atoms with E-state index in [1.54, 1.807) is 36.0 Å². The molecule has 3 aromatic heterocycles. The maximum Gasteiger partial charge on any atom is 0.274 e. The first kappa shape index (κ1) is 21.4. The van der Waals surface area contributed by atoms with Crippen molar-refractivity contribution in [2.24, 2.45) is 0 Å². The number of aromatic nitrogens is 4. The average molecular weight is 455 g/mol. The van der Waals surface area contributed by atoms with Crippen LogP contribution in [0.5, 0.6) is 0 Å². The maximum absolute atomic E-state index is 13.3. The van der Waals surface area contributed by atoms with Crippen LogP contribution in [0.15, 0.2) is 35.4 Å². The lowest BCUT2D eigenvalue weighted by atomic mass is 9.90. The lowest BCUT2D eigenvalue weighted by Gasteiger charge is -2.31. The quantitative estimate of drug-likeness (QED) is 0.448. The zero-order chi connectivity index (χ0) is 23.1. The number of amides is 1. The molecule has 11 heteroatoms. The van der Waals surface area contributed by atoms with Gasteiger partial charge in [-0.25, -0.2) is 9.37 Å². The van der Waals surface area contributed by atoms with Crippen molar-refractivity contribution in [3.63, 3.8) is 0 Å². The summed E-state index contributed by atoms with van der Waals surface area (Å²) in [6.07, 6.45) is 4.45. The Balaban J connectivity index is 1.44. The predicted molar refractivity (Wildman–Crippen MR) is 121 cm³/mol. The number of pyridine rings is 1. The highest BCUT2D eigenvalue weighted by molar-refractivity contribution is 6.00. The number of hydrogen-bond donors (Lipinski definition) is 4. The number of nitrogens with one attached hydrogen (secondary N) is 3. The number of alkyl halides is 1. The Bertz CT molecular complexity index is 1250. The molecule has 0 radical (unpaired) electrons. The molecule has 174 valence electrons. The predicted octanol–water partition coefficient (Wildman–Crippen LogP) is 1.99. The van der Waals surface area contributed by atoms with Crippen LogP contribution in [0.3, 0.4) is 0 Å². The third kappa shape index (κ3) is 4.04. The van der Waals surface area contributed by atoms with Crippen molar-refractivity contribution in [2.45, 2.75) is 56.5 Å². The van der Waals surface area contributed by atoms with E-state index in [0.29, 0.717) is 54.2 Å². The van der Waals surface area contributed by atoms with Gasteiger partial charge in [0.05, 0.1) is 12.3 Å². The van der Waals surface area contributed by atoms with Crippen molar-refractivity contribution in [3.8, 4) is 0 Å². The first-order valence-corrected chi connectivity index (χ1v) is 11.1. The van der Waals surface area contributed by atoms with Gasteiger partial charge in [0.2, 0.25) is 0 Å². The van der Waals surface area contributed by atoms with Crippen LogP contribution in [0.2, 0.25) is 0 Å². The van der Waals surface area contributed by atoms with Gasteiger partial charge in [0.15, 0.2) is 5.65 Å². The number of nitrogens with zero attached hydrogens (tertiary/aromatic N) is 4. The van der Waals surface area contributed by atoms with Crippen molar-refractivity contribution in [3.05, 3.63) is 46.5 Å². The van der Waals surface area contributed by atoms with Gasteiger partial charge in [-0.15, -0.1) is 0 Å². The number of fused-ring (bicyclic) bond motifs is 1. The van der Waals surface area contributed by atoms with Gasteiger partial charge in [-0.05, 0) is 44.2 Å². The minimum Gasteiger partial charge on any atom is -0.393 e. The van der Waals surface area contributed by atoms with Gasteiger partial charge in [0.1, 0.15) is 29.1 Å². The second kappa shape index (κ2) is 8.47. The second-order valence-electron chi connectivity index (χ2n) is 8.69. The fraction of sp³-hybridized carbons (Fsp3) is 0.455. The zero-order valence-corrected chi connectivity index (χ0v) is 18.2. The van der Waals surface area contributed by atoms with E-state index in [2.05, 4.69) is 26.0 Å². The van der Waals surface area contributed by atoms with Crippen LogP contribution < -0.4 is 21.5 Å². The fourth-order valence-electron chi connectivity index (χ4n) is 4.50. The van der Waals surface area contributed by atoms with E-state index in [-0.39, 0.29) is 23.6 Å². The number of carbonyl (C=O) groups is 1.